The SMILES string of the molecule is CC1(C)c2ccccc2-c2ccc(-c3nc(-c4ccc5c(c4)sc4ccccc45)nc(-c4ccc(-c5ccc6ccccc6c5)c5ccccc45)n3)cc21. The van der Waals surface area contributed by atoms with Gasteiger partial charge in [-0.3, -0.25) is 0 Å². The fourth-order valence-electron chi connectivity index (χ4n) is 8.57. The topological polar surface area (TPSA) is 38.7 Å². The normalized spacial score (nSPS) is 13.1. The van der Waals surface area contributed by atoms with Gasteiger partial charge in [0.25, 0.3) is 0 Å². The van der Waals surface area contributed by atoms with Gasteiger partial charge in [0.1, 0.15) is 0 Å². The van der Waals surface area contributed by atoms with Crippen LogP contribution in [0, 0.1) is 0 Å². The number of rotatable bonds is 4. The van der Waals surface area contributed by atoms with Crippen LogP contribution in [0.5, 0.6) is 0 Å². The Balaban J connectivity index is 1.12. The van der Waals surface area contributed by atoms with Crippen molar-refractivity contribution in [2.24, 2.45) is 0 Å². The molecule has 0 aliphatic heterocycles. The first-order chi connectivity index (χ1) is 26.5. The van der Waals surface area contributed by atoms with E-state index in [0.717, 1.165) is 27.5 Å². The summed E-state index contributed by atoms with van der Waals surface area (Å²) in [6, 6.07) is 59.0. The Morgan fingerprint density at radius 1 is 0.370 bits per heavy atom. The smallest absolute Gasteiger partial charge is 0.164 e. The summed E-state index contributed by atoms with van der Waals surface area (Å²) in [5, 5.41) is 7.27. The van der Waals surface area contributed by atoms with E-state index in [0.29, 0.717) is 17.5 Å². The first kappa shape index (κ1) is 31.1. The molecule has 11 rings (SSSR count). The number of aromatic nitrogens is 3. The molecule has 0 radical (unpaired) electrons. The molecule has 4 heteroatoms. The third-order valence-electron chi connectivity index (χ3n) is 11.3. The summed E-state index contributed by atoms with van der Waals surface area (Å²) in [5.41, 5.74) is 10.4. The van der Waals surface area contributed by atoms with Crippen molar-refractivity contribution in [3.63, 3.8) is 0 Å². The number of benzene rings is 8. The Labute approximate surface area is 317 Å². The minimum atomic E-state index is -0.137. The molecule has 10 aromatic rings. The van der Waals surface area contributed by atoms with E-state index in [-0.39, 0.29) is 5.41 Å². The standard InChI is InChI=1S/C50H33N3S/c1-50(2)43-17-9-7-15-38(43)39-23-21-33(28-44(39)50)47-51-48(34-22-24-41-40-16-8-10-18-45(40)54-46(41)29-34)53-49(52-47)42-26-25-35(36-13-5-6-14-37(36)42)32-20-19-30-11-3-4-12-31(30)27-32/h3-29H,1-2H3. The van der Waals surface area contributed by atoms with Crippen LogP contribution >= 0.6 is 11.3 Å². The molecule has 0 atom stereocenters. The highest BCUT2D eigenvalue weighted by Crippen LogP contribution is 2.49. The van der Waals surface area contributed by atoms with Crippen molar-refractivity contribution in [1.29, 1.82) is 0 Å². The largest absolute Gasteiger partial charge is 0.208 e. The van der Waals surface area contributed by atoms with Crippen LogP contribution in [0.25, 0.3) is 98.1 Å². The van der Waals surface area contributed by atoms with Gasteiger partial charge in [-0.25, -0.2) is 15.0 Å². The van der Waals surface area contributed by atoms with Crippen molar-refractivity contribution in [3.05, 3.63) is 175 Å². The molecular weight excluding hydrogens is 675 g/mol. The molecule has 8 aromatic carbocycles. The molecule has 0 spiro atoms. The van der Waals surface area contributed by atoms with Gasteiger partial charge in [-0.1, -0.05) is 147 Å². The van der Waals surface area contributed by atoms with E-state index in [2.05, 4.69) is 178 Å². The third-order valence-corrected chi connectivity index (χ3v) is 12.5. The van der Waals surface area contributed by atoms with Gasteiger partial charge >= 0.3 is 0 Å². The Morgan fingerprint density at radius 3 is 1.80 bits per heavy atom. The number of fused-ring (bicyclic) bond motifs is 8. The van der Waals surface area contributed by atoms with Crippen LogP contribution in [-0.2, 0) is 5.41 Å². The fraction of sp³-hybridized carbons (Fsp3) is 0.0600. The van der Waals surface area contributed by atoms with Crippen molar-refractivity contribution < 1.29 is 0 Å². The first-order valence-corrected chi connectivity index (χ1v) is 19.3. The zero-order valence-corrected chi connectivity index (χ0v) is 30.7. The van der Waals surface area contributed by atoms with Gasteiger partial charge in [0.05, 0.1) is 0 Å². The molecule has 254 valence electrons. The summed E-state index contributed by atoms with van der Waals surface area (Å²) in [6.07, 6.45) is 0. The second-order valence-electron chi connectivity index (χ2n) is 14.8. The van der Waals surface area contributed by atoms with Crippen LogP contribution in [-0.4, -0.2) is 15.0 Å². The van der Waals surface area contributed by atoms with Crippen LogP contribution in [0.2, 0.25) is 0 Å². The van der Waals surface area contributed by atoms with E-state index in [1.165, 1.54) is 64.3 Å². The van der Waals surface area contributed by atoms with Crippen molar-refractivity contribution in [1.82, 2.24) is 15.0 Å². The Morgan fingerprint density at radius 2 is 0.944 bits per heavy atom. The summed E-state index contributed by atoms with van der Waals surface area (Å²) >= 11 is 1.81. The lowest BCUT2D eigenvalue weighted by molar-refractivity contribution is 0.660. The molecule has 3 nitrogen and oxygen atoms in total. The summed E-state index contributed by atoms with van der Waals surface area (Å²) < 4.78 is 2.50. The van der Waals surface area contributed by atoms with Gasteiger partial charge in [0.2, 0.25) is 0 Å². The lowest BCUT2D eigenvalue weighted by Crippen LogP contribution is -2.15. The Kier molecular flexibility index (Phi) is 6.77. The summed E-state index contributed by atoms with van der Waals surface area (Å²) in [6.45, 7) is 4.63. The highest BCUT2D eigenvalue weighted by atomic mass is 32.1. The van der Waals surface area contributed by atoms with Gasteiger partial charge in [0, 0.05) is 42.3 Å². The molecular formula is C50H33N3S. The molecule has 0 bridgehead atoms. The average Bonchev–Trinajstić information content (AvgIpc) is 3.71. The van der Waals surface area contributed by atoms with Crippen molar-refractivity contribution in [3.8, 4) is 56.4 Å². The van der Waals surface area contributed by atoms with Crippen molar-refractivity contribution in [2.75, 3.05) is 0 Å². The molecule has 0 fully saturated rings. The minimum absolute atomic E-state index is 0.137. The predicted molar refractivity (Wildman–Crippen MR) is 227 cm³/mol. The van der Waals surface area contributed by atoms with Gasteiger partial charge in [0.15, 0.2) is 17.5 Å². The molecule has 0 unspecified atom stereocenters. The van der Waals surface area contributed by atoms with Crippen LogP contribution in [0.4, 0.5) is 0 Å². The minimum Gasteiger partial charge on any atom is -0.208 e. The lowest BCUT2D eigenvalue weighted by atomic mass is 9.82. The molecule has 2 aromatic heterocycles. The average molecular weight is 708 g/mol. The predicted octanol–water partition coefficient (Wildman–Crippen LogP) is 13.5. The fourth-order valence-corrected chi connectivity index (χ4v) is 9.71. The Hall–Kier alpha value is -6.49. The summed E-state index contributed by atoms with van der Waals surface area (Å²) in [7, 11) is 0. The summed E-state index contributed by atoms with van der Waals surface area (Å²) in [4.78, 5) is 15.8. The monoisotopic (exact) mass is 707 g/mol. The van der Waals surface area contributed by atoms with E-state index >= 15 is 0 Å². The van der Waals surface area contributed by atoms with Gasteiger partial charge in [-0.15, -0.1) is 11.3 Å². The van der Waals surface area contributed by atoms with Gasteiger partial charge in [-0.05, 0) is 85.3 Å². The summed E-state index contributed by atoms with van der Waals surface area (Å²) in [5.74, 6) is 2.00. The van der Waals surface area contributed by atoms with Gasteiger partial charge < -0.3 is 0 Å². The van der Waals surface area contributed by atoms with Gasteiger partial charge in [-0.2, -0.15) is 0 Å². The maximum atomic E-state index is 5.29. The highest BCUT2D eigenvalue weighted by molar-refractivity contribution is 7.25. The van der Waals surface area contributed by atoms with Crippen LogP contribution in [0.3, 0.4) is 0 Å². The molecule has 0 N–H and O–H groups in total. The zero-order valence-electron chi connectivity index (χ0n) is 29.8. The third kappa shape index (κ3) is 4.77. The molecule has 0 saturated carbocycles. The number of thiophene rings is 1. The maximum absolute atomic E-state index is 5.29. The molecule has 1 aliphatic rings. The quantitative estimate of drug-likeness (QED) is 0.183. The van der Waals surface area contributed by atoms with Crippen molar-refractivity contribution in [2.45, 2.75) is 19.3 Å². The van der Waals surface area contributed by atoms with E-state index in [4.69, 9.17) is 15.0 Å². The second-order valence-corrected chi connectivity index (χ2v) is 15.9. The molecule has 1 aliphatic carbocycles. The Bertz CT molecular complexity index is 3150. The second kappa shape index (κ2) is 11.8. The van der Waals surface area contributed by atoms with E-state index in [1.54, 1.807) is 0 Å². The number of hydrogen-bond acceptors (Lipinski definition) is 4. The van der Waals surface area contributed by atoms with Crippen LogP contribution < -0.4 is 0 Å². The molecule has 54 heavy (non-hydrogen) atoms. The maximum Gasteiger partial charge on any atom is 0.164 e. The molecule has 0 amide bonds. The molecule has 0 saturated heterocycles. The lowest BCUT2D eigenvalue weighted by Gasteiger charge is -2.21. The number of hydrogen-bond donors (Lipinski definition) is 0. The van der Waals surface area contributed by atoms with Crippen LogP contribution in [0.1, 0.15) is 25.0 Å². The van der Waals surface area contributed by atoms with E-state index < -0.39 is 0 Å². The van der Waals surface area contributed by atoms with Crippen LogP contribution in [0.15, 0.2) is 164 Å². The molecule has 2 heterocycles. The van der Waals surface area contributed by atoms with E-state index in [9.17, 15) is 0 Å². The highest BCUT2D eigenvalue weighted by Gasteiger charge is 2.35. The number of nitrogens with zero attached hydrogens (tertiary/aromatic N) is 3. The first-order valence-electron chi connectivity index (χ1n) is 18.4. The zero-order chi connectivity index (χ0) is 36.0. The van der Waals surface area contributed by atoms with E-state index in [1.807, 2.05) is 11.3 Å². The van der Waals surface area contributed by atoms with Crippen molar-refractivity contribution >= 4 is 53.1 Å².